The van der Waals surface area contributed by atoms with Crippen molar-refractivity contribution in [3.05, 3.63) is 135 Å². The molecule has 72 heavy (non-hydrogen) atoms. The zero-order chi connectivity index (χ0) is 50.5. The van der Waals surface area contributed by atoms with E-state index in [9.17, 15) is 14.4 Å². The molecule has 2 fully saturated rings. The van der Waals surface area contributed by atoms with E-state index in [1.54, 1.807) is 39.5 Å². The second-order valence-electron chi connectivity index (χ2n) is 19.9. The molecule has 2 aliphatic heterocycles. The van der Waals surface area contributed by atoms with E-state index in [0.717, 1.165) is 61.3 Å². The van der Waals surface area contributed by atoms with Crippen LogP contribution in [0.3, 0.4) is 0 Å². The highest BCUT2D eigenvalue weighted by Crippen LogP contribution is 2.40. The van der Waals surface area contributed by atoms with Gasteiger partial charge in [0.25, 0.3) is 0 Å². The maximum Gasteiger partial charge on any atom is 0.248 e. The fourth-order valence-corrected chi connectivity index (χ4v) is 11.5. The van der Waals surface area contributed by atoms with Gasteiger partial charge in [0.15, 0.2) is 5.82 Å². The van der Waals surface area contributed by atoms with Crippen LogP contribution in [-0.4, -0.2) is 92.1 Å². The van der Waals surface area contributed by atoms with Gasteiger partial charge in [0.2, 0.25) is 23.6 Å². The molecule has 0 radical (unpaired) electrons. The van der Waals surface area contributed by atoms with E-state index in [0.29, 0.717) is 42.5 Å². The zero-order valence-electron chi connectivity index (χ0n) is 41.7. The lowest BCUT2D eigenvalue weighted by molar-refractivity contribution is -0.142. The first-order valence-corrected chi connectivity index (χ1v) is 25.8. The molecule has 0 unspecified atom stereocenters. The van der Waals surface area contributed by atoms with E-state index in [-0.39, 0.29) is 54.2 Å². The van der Waals surface area contributed by atoms with Gasteiger partial charge in [-0.1, -0.05) is 68.8 Å². The van der Waals surface area contributed by atoms with E-state index < -0.39 is 18.1 Å². The Kier molecular flexibility index (Phi) is 13.4. The Morgan fingerprint density at radius 2 is 1.65 bits per heavy atom. The van der Waals surface area contributed by atoms with Crippen LogP contribution in [0.2, 0.25) is 5.02 Å². The topological polar surface area (TPSA) is 179 Å². The number of hydrogen-bond acceptors (Lipinski definition) is 11. The molecule has 2 N–H and O–H groups in total. The third-order valence-electron chi connectivity index (χ3n) is 14.3. The number of ether oxygens (including phenoxy) is 1. The lowest BCUT2D eigenvalue weighted by atomic mass is 9.89. The van der Waals surface area contributed by atoms with Crippen LogP contribution in [0, 0.1) is 32.6 Å². The van der Waals surface area contributed by atoms with Gasteiger partial charge in [0.1, 0.15) is 40.9 Å². The largest absolute Gasteiger partial charge is 0.474 e. The number of rotatable bonds is 14. The summed E-state index contributed by atoms with van der Waals surface area (Å²) in [6.07, 6.45) is 10.8. The van der Waals surface area contributed by atoms with Crippen molar-refractivity contribution in [3.63, 3.8) is 0 Å². The van der Waals surface area contributed by atoms with Crippen LogP contribution in [-0.2, 0) is 21.4 Å². The summed E-state index contributed by atoms with van der Waals surface area (Å²) in [4.78, 5) is 59.4. The van der Waals surface area contributed by atoms with E-state index in [4.69, 9.17) is 26.4 Å². The number of likely N-dealkylation sites (tertiary alicyclic amines) is 1. The van der Waals surface area contributed by atoms with Crippen molar-refractivity contribution < 1.29 is 19.1 Å². The highest BCUT2D eigenvalue weighted by atomic mass is 35.5. The number of nitrogens with zero attached hydrogens (tertiary/aromatic N) is 10. The van der Waals surface area contributed by atoms with Crippen LogP contribution in [0.4, 0.5) is 0 Å². The second-order valence-corrected chi connectivity index (χ2v) is 21.6. The molecule has 1 saturated heterocycles. The van der Waals surface area contributed by atoms with Gasteiger partial charge in [-0.15, -0.1) is 21.5 Å². The van der Waals surface area contributed by atoms with Crippen LogP contribution < -0.4 is 15.4 Å². The quantitative estimate of drug-likeness (QED) is 0.108. The van der Waals surface area contributed by atoms with Crippen molar-refractivity contribution in [1.29, 1.82) is 0 Å². The van der Waals surface area contributed by atoms with Crippen LogP contribution in [0.15, 0.2) is 96.6 Å². The van der Waals surface area contributed by atoms with Crippen molar-refractivity contribution in [2.24, 2.45) is 23.9 Å². The average molecular weight is 1010 g/mol. The summed E-state index contributed by atoms with van der Waals surface area (Å²) < 4.78 is 12.1. The number of pyridine rings is 1. The summed E-state index contributed by atoms with van der Waals surface area (Å²) in [5.41, 5.74) is 7.46. The predicted octanol–water partition coefficient (Wildman–Crippen LogP) is 8.89. The summed E-state index contributed by atoms with van der Waals surface area (Å²) in [7, 11) is 1.96. The third-order valence-corrected chi connectivity index (χ3v) is 15.7. The SMILES string of the molecule is Cc1sc2c(c1C)C(c1ccc(Cl)cc1)=N[C@@H](CC(=O)NC1CC(Oc3cc(-c4cnn([C@@H](C(=O)N5C[C@H](C)C[C@H]5C(=O)N[C@@H](C)c5ccc(-c6nccn6C)cc5)C(C)C)c4)ccn3)C1)c1nnc(C)n1-2. The Balaban J connectivity index is 0.762. The Labute approximate surface area is 427 Å². The number of thiophene rings is 1. The number of halogens is 1. The molecule has 3 amide bonds. The molecule has 372 valence electrons. The van der Waals surface area contributed by atoms with Gasteiger partial charge in [0, 0.05) is 95.5 Å². The Bertz CT molecular complexity index is 3180. The number of fused-ring (bicyclic) bond motifs is 3. The van der Waals surface area contributed by atoms with Gasteiger partial charge in [-0.05, 0) is 80.8 Å². The lowest BCUT2D eigenvalue weighted by Gasteiger charge is -2.35. The number of nitrogens with one attached hydrogen (secondary N) is 2. The maximum atomic E-state index is 14.5. The molecular formula is C54H59ClN12O4S. The summed E-state index contributed by atoms with van der Waals surface area (Å²) in [6, 6.07) is 17.3. The molecule has 7 heterocycles. The highest BCUT2D eigenvalue weighted by molar-refractivity contribution is 7.15. The first-order chi connectivity index (χ1) is 34.6. The molecule has 2 aromatic carbocycles. The summed E-state index contributed by atoms with van der Waals surface area (Å²) in [5, 5.41) is 21.7. The van der Waals surface area contributed by atoms with Crippen molar-refractivity contribution in [1.82, 2.24) is 54.6 Å². The maximum absolute atomic E-state index is 14.5. The second kappa shape index (κ2) is 19.9. The van der Waals surface area contributed by atoms with E-state index in [1.807, 2.05) is 117 Å². The van der Waals surface area contributed by atoms with Crippen molar-refractivity contribution in [2.75, 3.05) is 6.54 Å². The molecular weight excluding hydrogens is 948 g/mol. The van der Waals surface area contributed by atoms with E-state index >= 15 is 0 Å². The molecule has 16 nitrogen and oxygen atoms in total. The molecule has 0 spiro atoms. The summed E-state index contributed by atoms with van der Waals surface area (Å²) in [6.45, 7) is 14.7. The Morgan fingerprint density at radius 1 is 0.903 bits per heavy atom. The molecule has 10 rings (SSSR count). The number of aliphatic imine (C=N–C) groups is 1. The normalized spacial score (nSPS) is 20.2. The summed E-state index contributed by atoms with van der Waals surface area (Å²) in [5.74, 6) is 2.32. The number of aryl methyl sites for hydroxylation is 3. The standard InChI is InChI=1S/C54H59ClN12O4S/c1-29(2)49(53(70)65-27-30(3)21-44(65)52(69)59-32(5)35-9-11-37(12-10-35)50-57-19-20-64(50)8)66-28-39(26-58-66)38-17-18-56-46(22-38)71-42-23-41(24-42)60-45(68)25-43-51-63-62-34(7)67(51)54-47(31(4)33(6)72-54)48(61-43)36-13-15-40(55)16-14-36/h9-20,22,26,28-30,32,41-44,49H,21,23-25,27H2,1-8H3,(H,59,69)(H,60,68)/t30-,32+,41?,42?,43+,44+,49-/m1/s1. The molecule has 7 aromatic rings. The van der Waals surface area contributed by atoms with Gasteiger partial charge in [-0.2, -0.15) is 5.10 Å². The van der Waals surface area contributed by atoms with E-state index in [2.05, 4.69) is 51.6 Å². The van der Waals surface area contributed by atoms with Gasteiger partial charge in [-0.3, -0.25) is 28.6 Å². The molecule has 5 atom stereocenters. The van der Waals surface area contributed by atoms with Gasteiger partial charge < -0.3 is 24.8 Å². The van der Waals surface area contributed by atoms with Crippen LogP contribution >= 0.6 is 22.9 Å². The predicted molar refractivity (Wildman–Crippen MR) is 277 cm³/mol. The van der Waals surface area contributed by atoms with Crippen LogP contribution in [0.25, 0.3) is 27.5 Å². The zero-order valence-corrected chi connectivity index (χ0v) is 43.3. The van der Waals surface area contributed by atoms with Crippen molar-refractivity contribution >= 4 is 46.4 Å². The number of aromatic nitrogens is 8. The van der Waals surface area contributed by atoms with Gasteiger partial charge >= 0.3 is 0 Å². The first-order valence-electron chi connectivity index (χ1n) is 24.6. The Hall–Kier alpha value is -6.98. The highest BCUT2D eigenvalue weighted by Gasteiger charge is 2.42. The monoisotopic (exact) mass is 1010 g/mol. The smallest absolute Gasteiger partial charge is 0.248 e. The number of benzene rings is 2. The molecule has 18 heteroatoms. The van der Waals surface area contributed by atoms with Gasteiger partial charge in [0.05, 0.1) is 24.4 Å². The van der Waals surface area contributed by atoms with Crippen molar-refractivity contribution in [2.45, 2.75) is 110 Å². The minimum absolute atomic E-state index is 0.0749. The van der Waals surface area contributed by atoms with Crippen LogP contribution in [0.1, 0.15) is 110 Å². The fraction of sp³-hybridized carbons (Fsp3) is 0.389. The van der Waals surface area contributed by atoms with Crippen molar-refractivity contribution in [3.8, 4) is 33.4 Å². The first kappa shape index (κ1) is 48.6. The minimum atomic E-state index is -0.625. The number of hydrogen-bond donors (Lipinski definition) is 2. The minimum Gasteiger partial charge on any atom is -0.474 e. The molecule has 5 aromatic heterocycles. The summed E-state index contributed by atoms with van der Waals surface area (Å²) >= 11 is 7.96. The van der Waals surface area contributed by atoms with Gasteiger partial charge in [-0.25, -0.2) is 9.97 Å². The number of imidazole rings is 1. The number of carbonyl (C=O) groups excluding carboxylic acids is 3. The van der Waals surface area contributed by atoms with Crippen LogP contribution in [0.5, 0.6) is 5.88 Å². The molecule has 3 aliphatic rings. The third kappa shape index (κ3) is 9.59. The number of carbonyl (C=O) groups is 3. The molecule has 0 bridgehead atoms. The number of amides is 3. The Morgan fingerprint density at radius 3 is 2.38 bits per heavy atom. The molecule has 1 aliphatic carbocycles. The average Bonchev–Trinajstić information content (AvgIpc) is 4.19. The lowest BCUT2D eigenvalue weighted by Crippen LogP contribution is -2.49. The van der Waals surface area contributed by atoms with E-state index in [1.165, 1.54) is 4.88 Å². The fourth-order valence-electron chi connectivity index (χ4n) is 10.2. The molecule has 1 saturated carbocycles.